The van der Waals surface area contributed by atoms with Gasteiger partial charge in [-0.25, -0.2) is 4.79 Å². The third-order valence-corrected chi connectivity index (χ3v) is 5.20. The summed E-state index contributed by atoms with van der Waals surface area (Å²) in [5.41, 5.74) is 2.72. The molecule has 1 amide bonds. The Morgan fingerprint density at radius 3 is 2.45 bits per heavy atom. The van der Waals surface area contributed by atoms with Gasteiger partial charge in [-0.05, 0) is 54.4 Å². The van der Waals surface area contributed by atoms with Crippen LogP contribution in [0.2, 0.25) is 0 Å². The summed E-state index contributed by atoms with van der Waals surface area (Å²) in [6.07, 6.45) is 3.82. The fraction of sp³-hybridized carbons (Fsp3) is 0.480. The van der Waals surface area contributed by atoms with Crippen LogP contribution in [0.25, 0.3) is 0 Å². The van der Waals surface area contributed by atoms with E-state index in [0.29, 0.717) is 24.5 Å². The molecular weight excluding hydrogens is 362 g/mol. The van der Waals surface area contributed by atoms with Crippen molar-refractivity contribution >= 4 is 6.09 Å². The number of carbonyl (C=O) groups excluding carboxylic acids is 1. The van der Waals surface area contributed by atoms with Crippen molar-refractivity contribution in [3.05, 3.63) is 65.7 Å². The third kappa shape index (κ3) is 7.45. The van der Waals surface area contributed by atoms with Crippen LogP contribution >= 0.6 is 0 Å². The molecule has 0 spiro atoms. The van der Waals surface area contributed by atoms with E-state index in [1.807, 2.05) is 30.3 Å². The summed E-state index contributed by atoms with van der Waals surface area (Å²) in [6.45, 7) is 7.75. The van der Waals surface area contributed by atoms with E-state index in [-0.39, 0.29) is 12.1 Å². The first kappa shape index (κ1) is 21.2. The van der Waals surface area contributed by atoms with Gasteiger partial charge in [0.2, 0.25) is 0 Å². The average Bonchev–Trinajstić information content (AvgIpc) is 3.45. The highest BCUT2D eigenvalue weighted by Crippen LogP contribution is 2.41. The fourth-order valence-corrected chi connectivity index (χ4v) is 3.39. The lowest BCUT2D eigenvalue weighted by Gasteiger charge is -2.17. The third-order valence-electron chi connectivity index (χ3n) is 5.20. The lowest BCUT2D eigenvalue weighted by Crippen LogP contribution is -2.27. The number of carbonyl (C=O) groups is 1. The van der Waals surface area contributed by atoms with Crippen molar-refractivity contribution in [2.24, 2.45) is 5.41 Å². The van der Waals surface area contributed by atoms with Gasteiger partial charge in [0.05, 0.1) is 6.61 Å². The van der Waals surface area contributed by atoms with E-state index < -0.39 is 0 Å². The summed E-state index contributed by atoms with van der Waals surface area (Å²) in [5, 5.41) is 2.98. The largest absolute Gasteiger partial charge is 0.489 e. The molecular formula is C25H33NO3. The Labute approximate surface area is 174 Å². The number of hydrogen-bond acceptors (Lipinski definition) is 3. The molecule has 29 heavy (non-hydrogen) atoms. The summed E-state index contributed by atoms with van der Waals surface area (Å²) in [6, 6.07) is 18.5. The van der Waals surface area contributed by atoms with Crippen LogP contribution in [0.4, 0.5) is 4.79 Å². The molecule has 0 saturated heterocycles. The van der Waals surface area contributed by atoms with Crippen LogP contribution in [-0.2, 0) is 11.3 Å². The maximum atomic E-state index is 12.0. The highest BCUT2D eigenvalue weighted by molar-refractivity contribution is 5.68. The molecule has 0 aliphatic heterocycles. The smallest absolute Gasteiger partial charge is 0.407 e. The van der Waals surface area contributed by atoms with E-state index in [1.54, 1.807) is 0 Å². The van der Waals surface area contributed by atoms with Crippen molar-refractivity contribution < 1.29 is 14.3 Å². The normalized spacial score (nSPS) is 18.2. The molecule has 3 rings (SSSR count). The van der Waals surface area contributed by atoms with Gasteiger partial charge in [-0.2, -0.15) is 0 Å². The zero-order valence-corrected chi connectivity index (χ0v) is 17.8. The molecule has 1 aliphatic carbocycles. The Morgan fingerprint density at radius 1 is 1.03 bits per heavy atom. The second-order valence-corrected chi connectivity index (χ2v) is 9.09. The standard InChI is InChI=1S/C25H33NO3/c1-25(2,3)15-7-8-16-28-24(27)26-23-17-22(23)20-11-13-21(14-12-20)29-18-19-9-5-4-6-10-19/h4-6,9-14,22-23H,7-8,15-18H2,1-3H3,(H,26,27)/t22-,23+/m0/s1. The number of ether oxygens (including phenoxy) is 2. The zero-order chi connectivity index (χ0) is 20.7. The molecule has 2 aromatic rings. The predicted octanol–water partition coefficient (Wildman–Crippen LogP) is 6.06. The molecule has 0 heterocycles. The topological polar surface area (TPSA) is 47.6 Å². The Hall–Kier alpha value is -2.49. The van der Waals surface area contributed by atoms with E-state index >= 15 is 0 Å². The number of amides is 1. The van der Waals surface area contributed by atoms with E-state index in [1.165, 1.54) is 5.56 Å². The van der Waals surface area contributed by atoms with Crippen LogP contribution in [0.3, 0.4) is 0 Å². The zero-order valence-electron chi connectivity index (χ0n) is 17.8. The highest BCUT2D eigenvalue weighted by atomic mass is 16.5. The number of rotatable bonds is 9. The molecule has 156 valence electrons. The minimum atomic E-state index is -0.295. The Bertz CT molecular complexity index is 765. The number of alkyl carbamates (subject to hydrolysis) is 1. The maximum Gasteiger partial charge on any atom is 0.407 e. The molecule has 0 aromatic heterocycles. The van der Waals surface area contributed by atoms with Crippen LogP contribution in [0.5, 0.6) is 5.75 Å². The van der Waals surface area contributed by atoms with E-state index in [2.05, 4.69) is 50.4 Å². The van der Waals surface area contributed by atoms with Crippen molar-refractivity contribution in [1.29, 1.82) is 0 Å². The summed E-state index contributed by atoms with van der Waals surface area (Å²) in [4.78, 5) is 12.0. The SMILES string of the molecule is CC(C)(C)CCCCOC(=O)N[C@@H]1C[C@H]1c1ccc(OCc2ccccc2)cc1. The summed E-state index contributed by atoms with van der Waals surface area (Å²) < 4.78 is 11.1. The predicted molar refractivity (Wildman–Crippen MR) is 116 cm³/mol. The molecule has 2 atom stereocenters. The number of unbranched alkanes of at least 4 members (excludes halogenated alkanes) is 1. The Kier molecular flexibility index (Phi) is 7.18. The van der Waals surface area contributed by atoms with Gasteiger partial charge in [-0.15, -0.1) is 0 Å². The molecule has 4 heteroatoms. The molecule has 0 radical (unpaired) electrons. The Balaban J connectivity index is 1.34. The Morgan fingerprint density at radius 2 is 1.76 bits per heavy atom. The number of hydrogen-bond donors (Lipinski definition) is 1. The van der Waals surface area contributed by atoms with Gasteiger partial charge in [0.15, 0.2) is 0 Å². The maximum absolute atomic E-state index is 12.0. The van der Waals surface area contributed by atoms with Gasteiger partial charge in [0, 0.05) is 12.0 Å². The number of nitrogens with one attached hydrogen (secondary N) is 1. The molecule has 0 unspecified atom stereocenters. The van der Waals surface area contributed by atoms with Crippen LogP contribution in [-0.4, -0.2) is 18.7 Å². The quantitative estimate of drug-likeness (QED) is 0.525. The first-order chi connectivity index (χ1) is 13.9. The monoisotopic (exact) mass is 395 g/mol. The van der Waals surface area contributed by atoms with Crippen LogP contribution in [0, 0.1) is 5.41 Å². The fourth-order valence-electron chi connectivity index (χ4n) is 3.39. The lowest BCUT2D eigenvalue weighted by atomic mass is 9.90. The van der Waals surface area contributed by atoms with Crippen molar-refractivity contribution in [1.82, 2.24) is 5.32 Å². The summed E-state index contributed by atoms with van der Waals surface area (Å²) in [5.74, 6) is 1.23. The highest BCUT2D eigenvalue weighted by Gasteiger charge is 2.39. The molecule has 1 aliphatic rings. The summed E-state index contributed by atoms with van der Waals surface area (Å²) >= 11 is 0. The summed E-state index contributed by atoms with van der Waals surface area (Å²) in [7, 11) is 0. The van der Waals surface area contributed by atoms with Crippen LogP contribution in [0.1, 0.15) is 63.5 Å². The first-order valence-corrected chi connectivity index (χ1v) is 10.6. The van der Waals surface area contributed by atoms with Gasteiger partial charge >= 0.3 is 6.09 Å². The van der Waals surface area contributed by atoms with Gasteiger partial charge in [0.1, 0.15) is 12.4 Å². The van der Waals surface area contributed by atoms with Crippen LogP contribution < -0.4 is 10.1 Å². The molecule has 4 nitrogen and oxygen atoms in total. The van der Waals surface area contributed by atoms with Gasteiger partial charge in [-0.1, -0.05) is 63.2 Å². The van der Waals surface area contributed by atoms with Crippen molar-refractivity contribution in [2.45, 2.75) is 65.0 Å². The minimum Gasteiger partial charge on any atom is -0.489 e. The lowest BCUT2D eigenvalue weighted by molar-refractivity contribution is 0.142. The van der Waals surface area contributed by atoms with Gasteiger partial charge in [-0.3, -0.25) is 0 Å². The molecule has 2 aromatic carbocycles. The second kappa shape index (κ2) is 9.82. The molecule has 1 N–H and O–H groups in total. The van der Waals surface area contributed by atoms with E-state index in [4.69, 9.17) is 9.47 Å². The van der Waals surface area contributed by atoms with E-state index in [9.17, 15) is 4.79 Å². The van der Waals surface area contributed by atoms with Gasteiger partial charge in [0.25, 0.3) is 0 Å². The molecule has 1 fully saturated rings. The molecule has 0 bridgehead atoms. The van der Waals surface area contributed by atoms with Crippen molar-refractivity contribution in [3.63, 3.8) is 0 Å². The average molecular weight is 396 g/mol. The number of benzene rings is 2. The van der Waals surface area contributed by atoms with Gasteiger partial charge < -0.3 is 14.8 Å². The van der Waals surface area contributed by atoms with Crippen molar-refractivity contribution in [2.75, 3.05) is 6.61 Å². The van der Waals surface area contributed by atoms with Crippen molar-refractivity contribution in [3.8, 4) is 5.75 Å². The van der Waals surface area contributed by atoms with E-state index in [0.717, 1.165) is 37.0 Å². The minimum absolute atomic E-state index is 0.174. The first-order valence-electron chi connectivity index (χ1n) is 10.6. The van der Waals surface area contributed by atoms with Crippen LogP contribution in [0.15, 0.2) is 54.6 Å². The molecule has 1 saturated carbocycles. The second-order valence-electron chi connectivity index (χ2n) is 9.09.